The summed E-state index contributed by atoms with van der Waals surface area (Å²) in [4.78, 5) is 22.8. The zero-order chi connectivity index (χ0) is 16.4. The van der Waals surface area contributed by atoms with Crippen LogP contribution in [0.1, 0.15) is 54.8 Å². The number of hydrogen-bond acceptors (Lipinski definition) is 4. The molecule has 0 aromatic carbocycles. The van der Waals surface area contributed by atoms with Crippen molar-refractivity contribution in [1.82, 2.24) is 14.5 Å². The van der Waals surface area contributed by atoms with E-state index in [4.69, 9.17) is 5.73 Å². The van der Waals surface area contributed by atoms with Crippen LogP contribution in [-0.4, -0.2) is 33.5 Å². The highest BCUT2D eigenvalue weighted by atomic mass is 16.1. The highest BCUT2D eigenvalue weighted by molar-refractivity contribution is 5.97. The number of carbonyl (C=O) groups excluding carboxylic acids is 1. The van der Waals surface area contributed by atoms with Crippen LogP contribution >= 0.6 is 0 Å². The van der Waals surface area contributed by atoms with Gasteiger partial charge in [-0.05, 0) is 38.8 Å². The quantitative estimate of drug-likeness (QED) is 0.940. The van der Waals surface area contributed by atoms with Gasteiger partial charge in [0.1, 0.15) is 11.6 Å². The molecule has 2 aromatic rings. The molecule has 1 amide bonds. The fourth-order valence-corrected chi connectivity index (χ4v) is 3.30. The maximum Gasteiger partial charge on any atom is 0.252 e. The smallest absolute Gasteiger partial charge is 0.252 e. The third-order valence-corrected chi connectivity index (χ3v) is 4.39. The second-order valence-corrected chi connectivity index (χ2v) is 6.31. The maximum atomic E-state index is 11.7. The number of aromatic nitrogens is 3. The molecule has 6 heteroatoms. The van der Waals surface area contributed by atoms with Gasteiger partial charge in [0.05, 0.1) is 5.56 Å². The average molecular weight is 313 g/mol. The number of imidazole rings is 1. The molecule has 0 unspecified atom stereocenters. The molecule has 2 aromatic heterocycles. The van der Waals surface area contributed by atoms with Gasteiger partial charge in [0.2, 0.25) is 0 Å². The lowest BCUT2D eigenvalue weighted by atomic mass is 9.96. The lowest BCUT2D eigenvalue weighted by molar-refractivity contribution is 0.100. The zero-order valence-corrected chi connectivity index (χ0v) is 13.6. The first-order valence-corrected chi connectivity index (χ1v) is 8.10. The Labute approximate surface area is 136 Å². The summed E-state index contributed by atoms with van der Waals surface area (Å²) in [5.41, 5.74) is 5.98. The van der Waals surface area contributed by atoms with E-state index >= 15 is 0 Å². The fourth-order valence-electron chi connectivity index (χ4n) is 3.30. The van der Waals surface area contributed by atoms with Crippen LogP contribution in [0.3, 0.4) is 0 Å². The maximum absolute atomic E-state index is 11.7. The Bertz CT molecular complexity index is 694. The number of anilines is 1. The van der Waals surface area contributed by atoms with Gasteiger partial charge < -0.3 is 15.2 Å². The molecule has 0 bridgehead atoms. The molecular weight excluding hydrogens is 290 g/mol. The minimum absolute atomic E-state index is 0.337. The second kappa shape index (κ2) is 6.40. The number of hydrogen-bond donors (Lipinski definition) is 1. The summed E-state index contributed by atoms with van der Waals surface area (Å²) in [6.45, 7) is 6.02. The van der Waals surface area contributed by atoms with Crippen LogP contribution in [0.2, 0.25) is 0 Å². The molecule has 0 spiro atoms. The van der Waals surface area contributed by atoms with Gasteiger partial charge in [0, 0.05) is 43.6 Å². The van der Waals surface area contributed by atoms with E-state index < -0.39 is 5.91 Å². The van der Waals surface area contributed by atoms with Crippen LogP contribution in [0.15, 0.2) is 30.7 Å². The van der Waals surface area contributed by atoms with Gasteiger partial charge in [-0.3, -0.25) is 4.79 Å². The first-order valence-electron chi connectivity index (χ1n) is 8.10. The zero-order valence-electron chi connectivity index (χ0n) is 13.6. The number of amides is 1. The standard InChI is InChI=1S/C17H23N5O/c1-12(2)22-10-8-20-16(22)13-5-4-9-21(11-13)17-14(15(18)23)6-3-7-19-17/h3,6-8,10,12-13H,4-5,9,11H2,1-2H3,(H2,18,23)/t13-/m0/s1. The first kappa shape index (κ1) is 15.5. The van der Waals surface area contributed by atoms with Gasteiger partial charge in [-0.25, -0.2) is 9.97 Å². The SMILES string of the molecule is CC(C)n1ccnc1[C@H]1CCCN(c2ncccc2C(N)=O)C1. The first-order chi connectivity index (χ1) is 11.1. The van der Waals surface area contributed by atoms with Crippen molar-refractivity contribution in [1.29, 1.82) is 0 Å². The molecule has 0 aliphatic carbocycles. The molecule has 1 fully saturated rings. The van der Waals surface area contributed by atoms with E-state index in [1.54, 1.807) is 18.3 Å². The Hall–Kier alpha value is -2.37. The lowest BCUT2D eigenvalue weighted by Gasteiger charge is -2.34. The van der Waals surface area contributed by atoms with Crippen molar-refractivity contribution < 1.29 is 4.79 Å². The van der Waals surface area contributed by atoms with Crippen molar-refractivity contribution in [2.75, 3.05) is 18.0 Å². The molecule has 122 valence electrons. The Kier molecular flexibility index (Phi) is 4.32. The van der Waals surface area contributed by atoms with E-state index in [1.165, 1.54) is 0 Å². The van der Waals surface area contributed by atoms with Crippen molar-refractivity contribution in [3.05, 3.63) is 42.1 Å². The summed E-state index contributed by atoms with van der Waals surface area (Å²) in [7, 11) is 0. The van der Waals surface area contributed by atoms with Gasteiger partial charge in [0.15, 0.2) is 0 Å². The fraction of sp³-hybridized carbons (Fsp3) is 0.471. The number of nitrogens with zero attached hydrogens (tertiary/aromatic N) is 4. The highest BCUT2D eigenvalue weighted by Crippen LogP contribution is 2.30. The topological polar surface area (TPSA) is 77.0 Å². The Morgan fingerprint density at radius 1 is 1.35 bits per heavy atom. The second-order valence-electron chi connectivity index (χ2n) is 6.31. The van der Waals surface area contributed by atoms with Crippen molar-refractivity contribution in [2.45, 2.75) is 38.6 Å². The molecule has 3 heterocycles. The van der Waals surface area contributed by atoms with Crippen molar-refractivity contribution in [2.24, 2.45) is 5.73 Å². The number of piperidine rings is 1. The Morgan fingerprint density at radius 3 is 2.91 bits per heavy atom. The van der Waals surface area contributed by atoms with E-state index in [9.17, 15) is 4.79 Å². The molecule has 0 radical (unpaired) electrons. The summed E-state index contributed by atoms with van der Waals surface area (Å²) in [6, 6.07) is 3.87. The predicted molar refractivity (Wildman–Crippen MR) is 89.6 cm³/mol. The van der Waals surface area contributed by atoms with Crippen molar-refractivity contribution in [3.8, 4) is 0 Å². The summed E-state index contributed by atoms with van der Waals surface area (Å²) in [6.07, 6.45) is 7.75. The molecule has 1 aliphatic rings. The summed E-state index contributed by atoms with van der Waals surface area (Å²) >= 11 is 0. The monoisotopic (exact) mass is 313 g/mol. The van der Waals surface area contributed by atoms with Gasteiger partial charge in [-0.2, -0.15) is 0 Å². The number of primary amides is 1. The summed E-state index contributed by atoms with van der Waals surface area (Å²) in [5.74, 6) is 1.70. The minimum atomic E-state index is -0.432. The highest BCUT2D eigenvalue weighted by Gasteiger charge is 2.27. The minimum Gasteiger partial charge on any atom is -0.365 e. The number of carbonyl (C=O) groups is 1. The van der Waals surface area contributed by atoms with Gasteiger partial charge in [-0.1, -0.05) is 0 Å². The lowest BCUT2D eigenvalue weighted by Crippen LogP contribution is -2.37. The van der Waals surface area contributed by atoms with E-state index in [0.717, 1.165) is 31.8 Å². The van der Waals surface area contributed by atoms with Gasteiger partial charge in [-0.15, -0.1) is 0 Å². The van der Waals surface area contributed by atoms with Crippen LogP contribution in [0.25, 0.3) is 0 Å². The molecule has 1 atom stereocenters. The summed E-state index contributed by atoms with van der Waals surface area (Å²) < 4.78 is 2.22. The molecule has 6 nitrogen and oxygen atoms in total. The molecule has 1 aliphatic heterocycles. The van der Waals surface area contributed by atoms with Crippen LogP contribution in [0.4, 0.5) is 5.82 Å². The average Bonchev–Trinajstić information content (AvgIpc) is 3.05. The molecule has 0 saturated carbocycles. The Balaban J connectivity index is 1.87. The van der Waals surface area contributed by atoms with Crippen LogP contribution < -0.4 is 10.6 Å². The molecule has 1 saturated heterocycles. The van der Waals surface area contributed by atoms with E-state index in [0.29, 0.717) is 23.3 Å². The molecule has 23 heavy (non-hydrogen) atoms. The molecule has 3 rings (SSSR count). The van der Waals surface area contributed by atoms with Crippen molar-refractivity contribution >= 4 is 11.7 Å². The third kappa shape index (κ3) is 3.06. The van der Waals surface area contributed by atoms with E-state index in [2.05, 4.69) is 33.3 Å². The Morgan fingerprint density at radius 2 is 2.17 bits per heavy atom. The third-order valence-electron chi connectivity index (χ3n) is 4.39. The summed E-state index contributed by atoms with van der Waals surface area (Å²) in [5, 5.41) is 0. The van der Waals surface area contributed by atoms with Crippen LogP contribution in [0, 0.1) is 0 Å². The van der Waals surface area contributed by atoms with Crippen molar-refractivity contribution in [3.63, 3.8) is 0 Å². The normalized spacial score (nSPS) is 18.4. The largest absolute Gasteiger partial charge is 0.365 e. The van der Waals surface area contributed by atoms with E-state index in [1.807, 2.05) is 12.4 Å². The van der Waals surface area contributed by atoms with Crippen LogP contribution in [0.5, 0.6) is 0 Å². The van der Waals surface area contributed by atoms with E-state index in [-0.39, 0.29) is 0 Å². The van der Waals surface area contributed by atoms with Crippen LogP contribution in [-0.2, 0) is 0 Å². The molecular formula is C17H23N5O. The number of rotatable bonds is 4. The molecule has 2 N–H and O–H groups in total. The number of pyridine rings is 1. The van der Waals surface area contributed by atoms with Gasteiger partial charge in [0.25, 0.3) is 5.91 Å². The van der Waals surface area contributed by atoms with Gasteiger partial charge >= 0.3 is 0 Å². The number of nitrogens with two attached hydrogens (primary N) is 1. The predicted octanol–water partition coefficient (Wildman–Crippen LogP) is 2.34.